The molecule has 21 heavy (non-hydrogen) atoms. The van der Waals surface area contributed by atoms with Crippen LogP contribution < -0.4 is 5.32 Å². The van der Waals surface area contributed by atoms with Crippen LogP contribution in [0.1, 0.15) is 31.7 Å². The third kappa shape index (κ3) is 5.28. The van der Waals surface area contributed by atoms with Crippen molar-refractivity contribution in [2.45, 2.75) is 38.0 Å². The highest BCUT2D eigenvalue weighted by atomic mass is 35.5. The number of anilines is 1. The molecule has 1 aliphatic rings. The van der Waals surface area contributed by atoms with E-state index in [-0.39, 0.29) is 0 Å². The highest BCUT2D eigenvalue weighted by Crippen LogP contribution is 2.24. The fourth-order valence-electron chi connectivity index (χ4n) is 2.85. The minimum Gasteiger partial charge on any atom is -0.382 e. The molecule has 0 spiro atoms. The van der Waals surface area contributed by atoms with Crippen molar-refractivity contribution in [2.75, 3.05) is 31.2 Å². The van der Waals surface area contributed by atoms with Crippen LogP contribution in [0.5, 0.6) is 0 Å². The van der Waals surface area contributed by atoms with Gasteiger partial charge < -0.3 is 10.2 Å². The third-order valence-electron chi connectivity index (χ3n) is 3.90. The molecule has 0 amide bonds. The van der Waals surface area contributed by atoms with Gasteiger partial charge in [0.25, 0.3) is 0 Å². The summed E-state index contributed by atoms with van der Waals surface area (Å²) in [6.45, 7) is 5.78. The zero-order valence-corrected chi connectivity index (χ0v) is 14.5. The van der Waals surface area contributed by atoms with Gasteiger partial charge in [-0.15, -0.1) is 0 Å². The van der Waals surface area contributed by atoms with E-state index in [9.17, 15) is 4.21 Å². The monoisotopic (exact) mass is 328 g/mol. The fourth-order valence-corrected chi connectivity index (χ4v) is 3.79. The normalized spacial score (nSPS) is 18.6. The number of likely N-dealkylation sites (tertiary alicyclic amines) is 1. The second kappa shape index (κ2) is 8.16. The topological polar surface area (TPSA) is 32.3 Å². The van der Waals surface area contributed by atoms with Crippen molar-refractivity contribution in [1.29, 1.82) is 0 Å². The van der Waals surface area contributed by atoms with E-state index in [1.807, 2.05) is 18.2 Å². The van der Waals surface area contributed by atoms with Gasteiger partial charge in [-0.3, -0.25) is 4.21 Å². The molecule has 0 bridgehead atoms. The Morgan fingerprint density at radius 3 is 2.71 bits per heavy atom. The molecule has 0 aliphatic carbocycles. The number of hydrogen-bond donors (Lipinski definition) is 1. The Hall–Kier alpha value is -0.580. The number of nitrogens with one attached hydrogen (secondary N) is 1. The van der Waals surface area contributed by atoms with E-state index in [1.54, 1.807) is 6.26 Å². The Morgan fingerprint density at radius 2 is 2.10 bits per heavy atom. The molecule has 3 nitrogen and oxygen atoms in total. The Balaban J connectivity index is 1.93. The van der Waals surface area contributed by atoms with E-state index < -0.39 is 10.8 Å². The third-order valence-corrected chi connectivity index (χ3v) is 4.99. The first-order chi connectivity index (χ1) is 10.1. The van der Waals surface area contributed by atoms with Gasteiger partial charge in [-0.2, -0.15) is 0 Å². The molecule has 0 unspecified atom stereocenters. The number of rotatable bonds is 6. The SMILES string of the molecule is CCCN1CCC(Nc2ccc(Cl)c(C[S@](C)=O)c2)CC1. The summed E-state index contributed by atoms with van der Waals surface area (Å²) >= 11 is 6.17. The van der Waals surface area contributed by atoms with Gasteiger partial charge in [0, 0.05) is 52.6 Å². The zero-order chi connectivity index (χ0) is 15.2. The summed E-state index contributed by atoms with van der Waals surface area (Å²) in [5.74, 6) is 0.517. The standard InChI is InChI=1S/C16H25ClN2OS/c1-3-8-19-9-6-14(7-10-19)18-15-4-5-16(17)13(11-15)12-21(2)20/h4-5,11,14,18H,3,6-10,12H2,1-2H3/t21-/m0/s1. The highest BCUT2D eigenvalue weighted by Gasteiger charge is 2.18. The van der Waals surface area contributed by atoms with Crippen LogP contribution in [0, 0.1) is 0 Å². The number of nitrogens with zero attached hydrogens (tertiary/aromatic N) is 1. The smallest absolute Gasteiger partial charge is 0.0498 e. The zero-order valence-electron chi connectivity index (χ0n) is 12.9. The van der Waals surface area contributed by atoms with Crippen molar-refractivity contribution in [2.24, 2.45) is 0 Å². The lowest BCUT2D eigenvalue weighted by atomic mass is 10.0. The summed E-state index contributed by atoms with van der Waals surface area (Å²) in [6, 6.07) is 6.49. The molecule has 1 saturated heterocycles. The highest BCUT2D eigenvalue weighted by molar-refractivity contribution is 7.83. The van der Waals surface area contributed by atoms with Gasteiger partial charge in [0.05, 0.1) is 0 Å². The molecule has 5 heteroatoms. The van der Waals surface area contributed by atoms with Gasteiger partial charge in [-0.05, 0) is 49.6 Å². The van der Waals surface area contributed by atoms with Crippen LogP contribution >= 0.6 is 11.6 Å². The van der Waals surface area contributed by atoms with Crippen molar-refractivity contribution >= 4 is 28.1 Å². The minimum atomic E-state index is -0.868. The summed E-state index contributed by atoms with van der Waals surface area (Å²) in [5, 5.41) is 4.30. The second-order valence-electron chi connectivity index (χ2n) is 5.78. The molecule has 1 fully saturated rings. The van der Waals surface area contributed by atoms with Crippen molar-refractivity contribution in [1.82, 2.24) is 4.90 Å². The largest absolute Gasteiger partial charge is 0.382 e. The number of benzene rings is 1. The predicted molar refractivity (Wildman–Crippen MR) is 92.6 cm³/mol. The molecule has 2 rings (SSSR count). The molecule has 0 aromatic heterocycles. The lowest BCUT2D eigenvalue weighted by Gasteiger charge is -2.32. The number of halogens is 1. The van der Waals surface area contributed by atoms with E-state index in [2.05, 4.69) is 17.1 Å². The van der Waals surface area contributed by atoms with Crippen LogP contribution in [0.4, 0.5) is 5.69 Å². The summed E-state index contributed by atoms with van der Waals surface area (Å²) in [5.41, 5.74) is 2.06. The Labute approximate surface area is 135 Å². The lowest BCUT2D eigenvalue weighted by Crippen LogP contribution is -2.39. The first kappa shape index (κ1) is 16.8. The van der Waals surface area contributed by atoms with Crippen molar-refractivity contribution < 1.29 is 4.21 Å². The molecule has 118 valence electrons. The van der Waals surface area contributed by atoms with E-state index in [1.165, 1.54) is 38.9 Å². The van der Waals surface area contributed by atoms with Crippen LogP contribution in [0.2, 0.25) is 5.02 Å². The van der Waals surface area contributed by atoms with Crippen LogP contribution in [0.25, 0.3) is 0 Å². The Bertz CT molecular complexity index is 487. The van der Waals surface area contributed by atoms with Crippen LogP contribution in [0.3, 0.4) is 0 Å². The Morgan fingerprint density at radius 1 is 1.38 bits per heavy atom. The van der Waals surface area contributed by atoms with Crippen molar-refractivity contribution in [3.05, 3.63) is 28.8 Å². The maximum atomic E-state index is 11.4. The van der Waals surface area contributed by atoms with Crippen LogP contribution in [0.15, 0.2) is 18.2 Å². The van der Waals surface area contributed by atoms with Gasteiger partial charge in [0.15, 0.2) is 0 Å². The maximum Gasteiger partial charge on any atom is 0.0498 e. The maximum absolute atomic E-state index is 11.4. The quantitative estimate of drug-likeness (QED) is 0.867. The summed E-state index contributed by atoms with van der Waals surface area (Å²) in [6.07, 6.45) is 5.29. The predicted octanol–water partition coefficient (Wildman–Crippen LogP) is 3.50. The molecule has 0 saturated carbocycles. The van der Waals surface area contributed by atoms with Gasteiger partial charge >= 0.3 is 0 Å². The van der Waals surface area contributed by atoms with E-state index >= 15 is 0 Å². The fraction of sp³-hybridized carbons (Fsp3) is 0.625. The number of piperidine rings is 1. The van der Waals surface area contributed by atoms with Gasteiger partial charge in [-0.1, -0.05) is 18.5 Å². The molecular weight excluding hydrogens is 304 g/mol. The van der Waals surface area contributed by atoms with Crippen molar-refractivity contribution in [3.8, 4) is 0 Å². The van der Waals surface area contributed by atoms with E-state index in [4.69, 9.17) is 11.6 Å². The van der Waals surface area contributed by atoms with Crippen LogP contribution in [-0.4, -0.2) is 41.0 Å². The molecule has 1 aromatic rings. The molecule has 1 aromatic carbocycles. The molecule has 1 heterocycles. The first-order valence-electron chi connectivity index (χ1n) is 7.66. The molecule has 1 N–H and O–H groups in total. The number of hydrogen-bond acceptors (Lipinski definition) is 3. The van der Waals surface area contributed by atoms with E-state index in [0.29, 0.717) is 16.8 Å². The van der Waals surface area contributed by atoms with Gasteiger partial charge in [-0.25, -0.2) is 0 Å². The lowest BCUT2D eigenvalue weighted by molar-refractivity contribution is 0.219. The summed E-state index contributed by atoms with van der Waals surface area (Å²) in [7, 11) is -0.868. The summed E-state index contributed by atoms with van der Waals surface area (Å²) < 4.78 is 11.4. The average molecular weight is 329 g/mol. The first-order valence-corrected chi connectivity index (χ1v) is 9.76. The molecule has 1 aliphatic heterocycles. The van der Waals surface area contributed by atoms with Crippen LogP contribution in [-0.2, 0) is 16.6 Å². The second-order valence-corrected chi connectivity index (χ2v) is 7.63. The molecular formula is C16H25ClN2OS. The van der Waals surface area contributed by atoms with Crippen molar-refractivity contribution in [3.63, 3.8) is 0 Å². The minimum absolute atomic E-state index is 0.517. The Kier molecular flexibility index (Phi) is 6.52. The van der Waals surface area contributed by atoms with Gasteiger partial charge in [0.2, 0.25) is 0 Å². The molecule has 1 atom stereocenters. The average Bonchev–Trinajstić information content (AvgIpc) is 2.44. The van der Waals surface area contributed by atoms with E-state index in [0.717, 1.165) is 11.3 Å². The van der Waals surface area contributed by atoms with Gasteiger partial charge in [0.1, 0.15) is 0 Å². The molecule has 0 radical (unpaired) electrons. The summed E-state index contributed by atoms with van der Waals surface area (Å²) in [4.78, 5) is 2.53.